The standard InChI is InChI=1S/C9H11IN6O/c1-3-17-9-14-7(11-2)13-8(15-9)16-5-6(10)4-12-16/h4-5H,3H2,1-2H3,(H,11,13,14,15). The Morgan fingerprint density at radius 3 is 2.82 bits per heavy atom. The van der Waals surface area contributed by atoms with Crippen LogP contribution >= 0.6 is 22.6 Å². The first-order valence-corrected chi connectivity index (χ1v) is 6.08. The average molecular weight is 346 g/mol. The van der Waals surface area contributed by atoms with Crippen molar-refractivity contribution in [1.29, 1.82) is 0 Å². The van der Waals surface area contributed by atoms with Crippen LogP contribution in [0, 0.1) is 3.57 Å². The van der Waals surface area contributed by atoms with Gasteiger partial charge in [0.1, 0.15) is 0 Å². The second-order valence-electron chi connectivity index (χ2n) is 3.03. The predicted octanol–water partition coefficient (Wildman–Crippen LogP) is 1.10. The third-order valence-corrected chi connectivity index (χ3v) is 2.41. The van der Waals surface area contributed by atoms with E-state index in [2.05, 4.69) is 48.0 Å². The smallest absolute Gasteiger partial charge is 0.323 e. The lowest BCUT2D eigenvalue weighted by Gasteiger charge is -2.06. The molecule has 0 bridgehead atoms. The summed E-state index contributed by atoms with van der Waals surface area (Å²) in [6, 6.07) is 0.285. The third-order valence-electron chi connectivity index (χ3n) is 1.86. The predicted molar refractivity (Wildman–Crippen MR) is 70.4 cm³/mol. The minimum absolute atomic E-state index is 0.285. The Morgan fingerprint density at radius 2 is 2.24 bits per heavy atom. The first-order chi connectivity index (χ1) is 8.22. The van der Waals surface area contributed by atoms with E-state index >= 15 is 0 Å². The van der Waals surface area contributed by atoms with Crippen LogP contribution in [0.1, 0.15) is 6.92 Å². The second-order valence-corrected chi connectivity index (χ2v) is 4.27. The molecule has 0 saturated carbocycles. The summed E-state index contributed by atoms with van der Waals surface area (Å²) in [5.74, 6) is 0.875. The van der Waals surface area contributed by atoms with Crippen LogP contribution in [0.4, 0.5) is 5.95 Å². The van der Waals surface area contributed by atoms with Gasteiger partial charge in [0, 0.05) is 13.2 Å². The van der Waals surface area contributed by atoms with Crippen molar-refractivity contribution in [1.82, 2.24) is 24.7 Å². The Labute approximate surface area is 112 Å². The van der Waals surface area contributed by atoms with E-state index in [1.165, 1.54) is 0 Å². The highest BCUT2D eigenvalue weighted by atomic mass is 127. The van der Waals surface area contributed by atoms with Gasteiger partial charge in [0.15, 0.2) is 0 Å². The molecule has 2 aromatic heterocycles. The molecular weight excluding hydrogens is 335 g/mol. The lowest BCUT2D eigenvalue weighted by atomic mass is 10.7. The zero-order chi connectivity index (χ0) is 12.3. The van der Waals surface area contributed by atoms with Crippen LogP contribution in [0.5, 0.6) is 6.01 Å². The van der Waals surface area contributed by atoms with Crippen LogP contribution in [0.2, 0.25) is 0 Å². The maximum Gasteiger partial charge on any atom is 0.323 e. The highest BCUT2D eigenvalue weighted by Crippen LogP contribution is 2.11. The minimum Gasteiger partial charge on any atom is -0.464 e. The van der Waals surface area contributed by atoms with Gasteiger partial charge in [-0.1, -0.05) is 0 Å². The van der Waals surface area contributed by atoms with Gasteiger partial charge in [0.05, 0.1) is 16.4 Å². The Bertz CT molecular complexity index is 514. The number of nitrogens with one attached hydrogen (secondary N) is 1. The van der Waals surface area contributed by atoms with Crippen LogP contribution in [0.25, 0.3) is 5.95 Å². The molecule has 0 aliphatic rings. The fourth-order valence-corrected chi connectivity index (χ4v) is 1.55. The lowest BCUT2D eigenvalue weighted by molar-refractivity contribution is 0.311. The fraction of sp³-hybridized carbons (Fsp3) is 0.333. The highest BCUT2D eigenvalue weighted by molar-refractivity contribution is 14.1. The van der Waals surface area contributed by atoms with Gasteiger partial charge in [-0.3, -0.25) is 0 Å². The summed E-state index contributed by atoms with van der Waals surface area (Å²) in [6.45, 7) is 2.38. The summed E-state index contributed by atoms with van der Waals surface area (Å²) in [5.41, 5.74) is 0. The van der Waals surface area contributed by atoms with Gasteiger partial charge in [-0.15, -0.1) is 0 Å². The third kappa shape index (κ3) is 2.81. The molecule has 2 heterocycles. The molecule has 7 nitrogen and oxygen atoms in total. The number of ether oxygens (including phenoxy) is 1. The van der Waals surface area contributed by atoms with Gasteiger partial charge in [-0.05, 0) is 29.5 Å². The average Bonchev–Trinajstić information content (AvgIpc) is 2.76. The topological polar surface area (TPSA) is 77.8 Å². The SMILES string of the molecule is CCOc1nc(NC)nc(-n2cc(I)cn2)n1. The molecule has 0 radical (unpaired) electrons. The minimum atomic E-state index is 0.285. The van der Waals surface area contributed by atoms with E-state index in [0.29, 0.717) is 18.5 Å². The number of hydrogen-bond donors (Lipinski definition) is 1. The first kappa shape index (κ1) is 12.0. The van der Waals surface area contributed by atoms with Gasteiger partial charge >= 0.3 is 6.01 Å². The van der Waals surface area contributed by atoms with Gasteiger partial charge in [-0.2, -0.15) is 20.1 Å². The Balaban J connectivity index is 2.42. The summed E-state index contributed by atoms with van der Waals surface area (Å²) < 4.78 is 7.85. The maximum atomic E-state index is 5.27. The van der Waals surface area contributed by atoms with Crippen molar-refractivity contribution in [2.75, 3.05) is 19.0 Å². The Hall–Kier alpha value is -1.45. The summed E-state index contributed by atoms with van der Waals surface area (Å²) in [5, 5.41) is 6.99. The van der Waals surface area contributed by atoms with Crippen molar-refractivity contribution in [3.63, 3.8) is 0 Å². The molecule has 17 heavy (non-hydrogen) atoms. The molecular formula is C9H11IN6O. The van der Waals surface area contributed by atoms with Gasteiger partial charge in [-0.25, -0.2) is 4.68 Å². The van der Waals surface area contributed by atoms with E-state index in [1.807, 2.05) is 13.1 Å². The van der Waals surface area contributed by atoms with Crippen molar-refractivity contribution in [3.8, 4) is 12.0 Å². The van der Waals surface area contributed by atoms with Gasteiger partial charge < -0.3 is 10.1 Å². The first-order valence-electron chi connectivity index (χ1n) is 5.00. The molecule has 0 saturated heterocycles. The van der Waals surface area contributed by atoms with Crippen LogP contribution in [0.3, 0.4) is 0 Å². The number of anilines is 1. The van der Waals surface area contributed by atoms with E-state index in [9.17, 15) is 0 Å². The zero-order valence-electron chi connectivity index (χ0n) is 9.38. The summed E-state index contributed by atoms with van der Waals surface area (Å²) in [7, 11) is 1.74. The molecule has 2 rings (SSSR count). The highest BCUT2D eigenvalue weighted by Gasteiger charge is 2.08. The van der Waals surface area contributed by atoms with E-state index in [4.69, 9.17) is 4.74 Å². The molecule has 0 aromatic carbocycles. The summed E-state index contributed by atoms with van der Waals surface area (Å²) in [6.07, 6.45) is 3.55. The number of aromatic nitrogens is 5. The number of hydrogen-bond acceptors (Lipinski definition) is 6. The van der Waals surface area contributed by atoms with Crippen molar-refractivity contribution < 1.29 is 4.74 Å². The van der Waals surface area contributed by atoms with Crippen molar-refractivity contribution in [3.05, 3.63) is 16.0 Å². The Morgan fingerprint density at radius 1 is 1.41 bits per heavy atom. The number of nitrogens with zero attached hydrogens (tertiary/aromatic N) is 5. The molecule has 0 unspecified atom stereocenters. The molecule has 0 aliphatic heterocycles. The van der Waals surface area contributed by atoms with Crippen molar-refractivity contribution >= 4 is 28.5 Å². The maximum absolute atomic E-state index is 5.27. The molecule has 0 spiro atoms. The lowest BCUT2D eigenvalue weighted by Crippen LogP contribution is -2.09. The van der Waals surface area contributed by atoms with Crippen molar-refractivity contribution in [2.45, 2.75) is 6.92 Å². The van der Waals surface area contributed by atoms with Gasteiger partial charge in [0.25, 0.3) is 5.95 Å². The second kappa shape index (κ2) is 5.25. The molecule has 0 fully saturated rings. The molecule has 8 heteroatoms. The Kier molecular flexibility index (Phi) is 3.71. The van der Waals surface area contributed by atoms with Crippen LogP contribution in [-0.4, -0.2) is 38.4 Å². The van der Waals surface area contributed by atoms with Crippen LogP contribution in [-0.2, 0) is 0 Å². The summed E-state index contributed by atoms with van der Waals surface area (Å²) >= 11 is 2.17. The molecule has 1 N–H and O–H groups in total. The molecule has 2 aromatic rings. The van der Waals surface area contributed by atoms with Crippen LogP contribution in [0.15, 0.2) is 12.4 Å². The van der Waals surface area contributed by atoms with E-state index < -0.39 is 0 Å². The number of halogens is 1. The number of rotatable bonds is 4. The van der Waals surface area contributed by atoms with Gasteiger partial charge in [0.2, 0.25) is 5.95 Å². The van der Waals surface area contributed by atoms with Crippen LogP contribution < -0.4 is 10.1 Å². The largest absolute Gasteiger partial charge is 0.464 e. The molecule has 0 aliphatic carbocycles. The van der Waals surface area contributed by atoms with E-state index in [1.54, 1.807) is 17.9 Å². The summed E-state index contributed by atoms with van der Waals surface area (Å²) in [4.78, 5) is 12.4. The molecule has 0 amide bonds. The van der Waals surface area contributed by atoms with E-state index in [-0.39, 0.29) is 6.01 Å². The molecule has 90 valence electrons. The molecule has 0 atom stereocenters. The monoisotopic (exact) mass is 346 g/mol. The fourth-order valence-electron chi connectivity index (χ4n) is 1.16. The van der Waals surface area contributed by atoms with E-state index in [0.717, 1.165) is 3.57 Å². The van der Waals surface area contributed by atoms with Crippen molar-refractivity contribution in [2.24, 2.45) is 0 Å². The normalized spacial score (nSPS) is 10.3. The quantitative estimate of drug-likeness (QED) is 0.836. The zero-order valence-corrected chi connectivity index (χ0v) is 11.5.